The van der Waals surface area contributed by atoms with E-state index in [4.69, 9.17) is 11.6 Å². The van der Waals surface area contributed by atoms with E-state index in [1.807, 2.05) is 7.05 Å². The van der Waals surface area contributed by atoms with E-state index < -0.39 is 10.0 Å². The predicted molar refractivity (Wildman–Crippen MR) is 73.7 cm³/mol. The van der Waals surface area contributed by atoms with Crippen LogP contribution in [0.3, 0.4) is 0 Å². The normalized spacial score (nSPS) is 21.4. The highest BCUT2D eigenvalue weighted by molar-refractivity contribution is 7.89. The second-order valence-electron chi connectivity index (χ2n) is 5.01. The first-order valence-corrected chi connectivity index (χ1v) is 7.99. The van der Waals surface area contributed by atoms with Gasteiger partial charge in [-0.1, -0.05) is 11.6 Å². The third-order valence-electron chi connectivity index (χ3n) is 3.63. The van der Waals surface area contributed by atoms with Gasteiger partial charge in [0.05, 0.1) is 6.33 Å². The lowest BCUT2D eigenvalue weighted by Crippen LogP contribution is -2.39. The second-order valence-corrected chi connectivity index (χ2v) is 7.33. The summed E-state index contributed by atoms with van der Waals surface area (Å²) in [7, 11) is 1.64. The first kappa shape index (κ1) is 14.8. The van der Waals surface area contributed by atoms with Crippen LogP contribution in [0, 0.1) is 0 Å². The molecular weight excluding hydrogens is 288 g/mol. The largest absolute Gasteiger partial charge is 0.324 e. The Morgan fingerprint density at radius 1 is 1.53 bits per heavy atom. The number of imidazole rings is 1. The van der Waals surface area contributed by atoms with Crippen molar-refractivity contribution in [3.8, 4) is 0 Å². The second kappa shape index (κ2) is 5.40. The summed E-state index contributed by atoms with van der Waals surface area (Å²) in [6.07, 6.45) is 3.54. The molecule has 0 saturated carbocycles. The predicted octanol–water partition coefficient (Wildman–Crippen LogP) is 0.788. The molecule has 8 heteroatoms. The molecule has 1 fully saturated rings. The van der Waals surface area contributed by atoms with Crippen molar-refractivity contribution in [3.05, 3.63) is 11.5 Å². The molecule has 19 heavy (non-hydrogen) atoms. The van der Waals surface area contributed by atoms with Crippen LogP contribution in [0.25, 0.3) is 0 Å². The van der Waals surface area contributed by atoms with Gasteiger partial charge in [0.25, 0.3) is 10.0 Å². The van der Waals surface area contributed by atoms with Gasteiger partial charge in [-0.15, -0.1) is 0 Å². The quantitative estimate of drug-likeness (QED) is 0.825. The molecule has 0 bridgehead atoms. The van der Waals surface area contributed by atoms with Crippen LogP contribution in [0.1, 0.15) is 12.8 Å². The third kappa shape index (κ3) is 2.79. The molecule has 2 heterocycles. The molecule has 1 atom stereocenters. The topological polar surface area (TPSA) is 58.4 Å². The number of rotatable bonds is 4. The Hall–Kier alpha value is -0.630. The van der Waals surface area contributed by atoms with E-state index in [1.165, 1.54) is 15.2 Å². The maximum absolute atomic E-state index is 12.4. The van der Waals surface area contributed by atoms with Gasteiger partial charge in [-0.2, -0.15) is 4.31 Å². The summed E-state index contributed by atoms with van der Waals surface area (Å²) in [5.74, 6) is 0. The van der Waals surface area contributed by atoms with Crippen molar-refractivity contribution in [1.82, 2.24) is 18.8 Å². The van der Waals surface area contributed by atoms with Crippen LogP contribution < -0.4 is 0 Å². The number of likely N-dealkylation sites (tertiary alicyclic amines) is 1. The Balaban J connectivity index is 2.17. The molecule has 0 aromatic carbocycles. The molecule has 6 nitrogen and oxygen atoms in total. The van der Waals surface area contributed by atoms with Crippen molar-refractivity contribution in [1.29, 1.82) is 0 Å². The highest BCUT2D eigenvalue weighted by Crippen LogP contribution is 2.23. The highest BCUT2D eigenvalue weighted by Gasteiger charge is 2.31. The molecule has 0 N–H and O–H groups in total. The summed E-state index contributed by atoms with van der Waals surface area (Å²) in [5, 5.41) is 0.0754. The monoisotopic (exact) mass is 306 g/mol. The van der Waals surface area contributed by atoms with Crippen LogP contribution in [-0.4, -0.2) is 60.4 Å². The van der Waals surface area contributed by atoms with Crippen LogP contribution in [0.5, 0.6) is 0 Å². The first-order chi connectivity index (χ1) is 8.84. The fourth-order valence-corrected chi connectivity index (χ4v) is 3.91. The number of nitrogens with zero attached hydrogens (tertiary/aromatic N) is 4. The summed E-state index contributed by atoms with van der Waals surface area (Å²) >= 11 is 5.97. The third-order valence-corrected chi connectivity index (χ3v) is 5.94. The van der Waals surface area contributed by atoms with E-state index in [9.17, 15) is 8.42 Å². The lowest BCUT2D eigenvalue weighted by atomic mass is 10.2. The van der Waals surface area contributed by atoms with Crippen LogP contribution in [0.15, 0.2) is 11.4 Å². The molecule has 1 saturated heterocycles. The Bertz CT molecular complexity index is 557. The van der Waals surface area contributed by atoms with Gasteiger partial charge in [-0.05, 0) is 26.4 Å². The summed E-state index contributed by atoms with van der Waals surface area (Å²) in [5.41, 5.74) is 0. The smallest absolute Gasteiger partial charge is 0.263 e. The molecule has 0 amide bonds. The Morgan fingerprint density at radius 2 is 2.21 bits per heavy atom. The summed E-state index contributed by atoms with van der Waals surface area (Å²) in [6, 6.07) is 0.266. The Morgan fingerprint density at radius 3 is 2.68 bits per heavy atom. The molecule has 1 aliphatic heterocycles. The number of halogens is 1. The van der Waals surface area contributed by atoms with Crippen molar-refractivity contribution >= 4 is 21.6 Å². The van der Waals surface area contributed by atoms with Crippen LogP contribution in [0.4, 0.5) is 0 Å². The first-order valence-electron chi connectivity index (χ1n) is 6.17. The average Bonchev–Trinajstić information content (AvgIpc) is 2.88. The average molecular weight is 307 g/mol. The van der Waals surface area contributed by atoms with E-state index in [-0.39, 0.29) is 16.2 Å². The van der Waals surface area contributed by atoms with Crippen molar-refractivity contribution in [2.75, 3.05) is 27.2 Å². The molecule has 2 rings (SSSR count). The molecular formula is C11H19ClN4O2S. The molecule has 0 radical (unpaired) electrons. The van der Waals surface area contributed by atoms with Gasteiger partial charge in [0.15, 0.2) is 0 Å². The van der Waals surface area contributed by atoms with Crippen LogP contribution in [-0.2, 0) is 17.1 Å². The fraction of sp³-hybridized carbons (Fsp3) is 0.727. The van der Waals surface area contributed by atoms with E-state index in [0.717, 1.165) is 19.4 Å². The molecule has 1 aliphatic rings. The summed E-state index contributed by atoms with van der Waals surface area (Å²) < 4.78 is 27.6. The lowest BCUT2D eigenvalue weighted by molar-refractivity contribution is 0.271. The minimum absolute atomic E-state index is 0.0696. The molecule has 1 aromatic rings. The van der Waals surface area contributed by atoms with E-state index in [1.54, 1.807) is 14.1 Å². The number of hydrogen-bond acceptors (Lipinski definition) is 4. The maximum atomic E-state index is 12.4. The number of aromatic nitrogens is 2. The zero-order valence-corrected chi connectivity index (χ0v) is 12.9. The Labute approximate surface area is 119 Å². The standard InChI is InChI=1S/C11H19ClN4O2S/c1-14-6-4-5-9(14)7-16(3)19(17,18)11-10(12)15(2)8-13-11/h8-9H,4-7H2,1-3H3. The van der Waals surface area contributed by atoms with E-state index in [0.29, 0.717) is 6.54 Å². The van der Waals surface area contributed by atoms with Crippen LogP contribution >= 0.6 is 11.6 Å². The van der Waals surface area contributed by atoms with Gasteiger partial charge < -0.3 is 9.47 Å². The fourth-order valence-electron chi connectivity index (χ4n) is 2.32. The van der Waals surface area contributed by atoms with Crippen molar-refractivity contribution in [3.63, 3.8) is 0 Å². The zero-order valence-electron chi connectivity index (χ0n) is 11.4. The van der Waals surface area contributed by atoms with Crippen molar-refractivity contribution < 1.29 is 8.42 Å². The minimum atomic E-state index is -3.62. The van der Waals surface area contributed by atoms with E-state index >= 15 is 0 Å². The molecule has 1 aromatic heterocycles. The number of hydrogen-bond donors (Lipinski definition) is 0. The molecule has 108 valence electrons. The van der Waals surface area contributed by atoms with Crippen molar-refractivity contribution in [2.24, 2.45) is 7.05 Å². The number of aryl methyl sites for hydroxylation is 1. The van der Waals surface area contributed by atoms with E-state index in [2.05, 4.69) is 9.88 Å². The van der Waals surface area contributed by atoms with Gasteiger partial charge in [-0.3, -0.25) is 0 Å². The van der Waals surface area contributed by atoms with Gasteiger partial charge in [-0.25, -0.2) is 13.4 Å². The maximum Gasteiger partial charge on any atom is 0.263 e. The number of likely N-dealkylation sites (N-methyl/N-ethyl adjacent to an activating group) is 2. The SMILES string of the molecule is CN1CCCC1CN(C)S(=O)(=O)c1ncn(C)c1Cl. The van der Waals surface area contributed by atoms with Gasteiger partial charge in [0.1, 0.15) is 5.15 Å². The van der Waals surface area contributed by atoms with Crippen LogP contribution in [0.2, 0.25) is 5.15 Å². The summed E-state index contributed by atoms with van der Waals surface area (Å²) in [4.78, 5) is 6.08. The lowest BCUT2D eigenvalue weighted by Gasteiger charge is -2.24. The van der Waals surface area contributed by atoms with Gasteiger partial charge >= 0.3 is 0 Å². The summed E-state index contributed by atoms with van der Waals surface area (Å²) in [6.45, 7) is 1.48. The van der Waals surface area contributed by atoms with Crippen molar-refractivity contribution in [2.45, 2.75) is 23.9 Å². The van der Waals surface area contributed by atoms with Gasteiger partial charge in [0, 0.05) is 26.7 Å². The zero-order chi connectivity index (χ0) is 14.2. The Kier molecular flexibility index (Phi) is 4.20. The molecule has 0 aliphatic carbocycles. The highest BCUT2D eigenvalue weighted by atomic mass is 35.5. The minimum Gasteiger partial charge on any atom is -0.324 e. The molecule has 1 unspecified atom stereocenters. The number of sulfonamides is 1. The van der Waals surface area contributed by atoms with Gasteiger partial charge in [0.2, 0.25) is 5.03 Å². The molecule has 0 spiro atoms.